The lowest BCUT2D eigenvalue weighted by atomic mass is 10.1. The molecule has 0 aromatic heterocycles. The van der Waals surface area contributed by atoms with E-state index in [1.54, 1.807) is 13.8 Å². The summed E-state index contributed by atoms with van der Waals surface area (Å²) >= 11 is 0. The highest BCUT2D eigenvalue weighted by atomic mass is 19.3. The van der Waals surface area contributed by atoms with E-state index in [0.29, 0.717) is 6.29 Å². The standard InChI is InChI=1S/C6H11F2NO/c1-6(2,4-10)9-3-5(7)8/h4-5,9H,3H2,1-2H3. The van der Waals surface area contributed by atoms with Crippen LogP contribution in [0.5, 0.6) is 0 Å². The molecule has 0 aromatic carbocycles. The lowest BCUT2D eigenvalue weighted by Gasteiger charge is -2.17. The Morgan fingerprint density at radius 2 is 2.10 bits per heavy atom. The Morgan fingerprint density at radius 3 is 2.40 bits per heavy atom. The summed E-state index contributed by atoms with van der Waals surface area (Å²) in [6.45, 7) is 2.65. The van der Waals surface area contributed by atoms with Gasteiger partial charge in [0.1, 0.15) is 6.29 Å². The van der Waals surface area contributed by atoms with Gasteiger partial charge in [-0.2, -0.15) is 0 Å². The van der Waals surface area contributed by atoms with Crippen molar-refractivity contribution in [2.45, 2.75) is 25.8 Å². The van der Waals surface area contributed by atoms with Crippen molar-refractivity contribution < 1.29 is 13.6 Å². The lowest BCUT2D eigenvalue weighted by Crippen LogP contribution is -2.43. The van der Waals surface area contributed by atoms with Gasteiger partial charge >= 0.3 is 0 Å². The van der Waals surface area contributed by atoms with Crippen LogP contribution < -0.4 is 5.32 Å². The molecular formula is C6H11F2NO. The third-order valence-electron chi connectivity index (χ3n) is 1.01. The maximum absolute atomic E-state index is 11.5. The quantitative estimate of drug-likeness (QED) is 0.602. The van der Waals surface area contributed by atoms with Crippen LogP contribution in [0.4, 0.5) is 8.78 Å². The summed E-state index contributed by atoms with van der Waals surface area (Å²) in [6, 6.07) is 0. The molecule has 60 valence electrons. The van der Waals surface area contributed by atoms with Gasteiger partial charge in [0, 0.05) is 0 Å². The molecule has 0 aromatic rings. The molecule has 0 amide bonds. The maximum Gasteiger partial charge on any atom is 0.250 e. The fourth-order valence-electron chi connectivity index (χ4n) is 0.382. The van der Waals surface area contributed by atoms with Crippen LogP contribution in [-0.4, -0.2) is 24.8 Å². The first-order valence-corrected chi connectivity index (χ1v) is 2.97. The molecule has 0 atom stereocenters. The van der Waals surface area contributed by atoms with E-state index in [9.17, 15) is 13.6 Å². The van der Waals surface area contributed by atoms with Crippen molar-refractivity contribution in [2.75, 3.05) is 6.54 Å². The zero-order chi connectivity index (χ0) is 8.20. The molecule has 0 radical (unpaired) electrons. The van der Waals surface area contributed by atoms with Crippen molar-refractivity contribution in [3.63, 3.8) is 0 Å². The predicted molar refractivity (Wildman–Crippen MR) is 34.1 cm³/mol. The molecule has 0 unspecified atom stereocenters. The molecule has 0 aliphatic carbocycles. The number of hydrogen-bond donors (Lipinski definition) is 1. The van der Waals surface area contributed by atoms with Crippen LogP contribution in [0.15, 0.2) is 0 Å². The molecule has 0 bridgehead atoms. The average Bonchev–Trinajstić information content (AvgIpc) is 1.85. The Hall–Kier alpha value is -0.510. The fraction of sp³-hybridized carbons (Fsp3) is 0.833. The highest BCUT2D eigenvalue weighted by molar-refractivity contribution is 5.62. The molecule has 1 N–H and O–H groups in total. The molecule has 0 saturated carbocycles. The second-order valence-corrected chi connectivity index (χ2v) is 2.61. The Kier molecular flexibility index (Phi) is 3.42. The van der Waals surface area contributed by atoms with Crippen molar-refractivity contribution >= 4 is 6.29 Å². The number of halogens is 2. The van der Waals surface area contributed by atoms with Crippen LogP contribution in [0.1, 0.15) is 13.8 Å². The zero-order valence-electron chi connectivity index (χ0n) is 6.03. The van der Waals surface area contributed by atoms with Crippen molar-refractivity contribution in [3.8, 4) is 0 Å². The van der Waals surface area contributed by atoms with Gasteiger partial charge in [-0.25, -0.2) is 8.78 Å². The van der Waals surface area contributed by atoms with Crippen molar-refractivity contribution in [2.24, 2.45) is 0 Å². The zero-order valence-corrected chi connectivity index (χ0v) is 6.03. The average molecular weight is 151 g/mol. The number of rotatable bonds is 4. The minimum Gasteiger partial charge on any atom is -0.301 e. The summed E-state index contributed by atoms with van der Waals surface area (Å²) in [5.74, 6) is 0. The van der Waals surface area contributed by atoms with Crippen LogP contribution in [0.25, 0.3) is 0 Å². The Balaban J connectivity index is 3.56. The van der Waals surface area contributed by atoms with Crippen LogP contribution in [0.3, 0.4) is 0 Å². The highest BCUT2D eigenvalue weighted by Crippen LogP contribution is 1.98. The van der Waals surface area contributed by atoms with Crippen molar-refractivity contribution in [1.29, 1.82) is 0 Å². The van der Waals surface area contributed by atoms with Gasteiger partial charge in [-0.1, -0.05) is 0 Å². The molecule has 0 aliphatic heterocycles. The molecule has 0 rings (SSSR count). The van der Waals surface area contributed by atoms with Gasteiger partial charge in [0.2, 0.25) is 0 Å². The van der Waals surface area contributed by atoms with E-state index >= 15 is 0 Å². The third kappa shape index (κ3) is 4.38. The molecule has 4 heteroatoms. The van der Waals surface area contributed by atoms with Gasteiger partial charge in [-0.15, -0.1) is 0 Å². The smallest absolute Gasteiger partial charge is 0.250 e. The predicted octanol–water partition coefficient (Wildman–Crippen LogP) is 0.819. The van der Waals surface area contributed by atoms with Gasteiger partial charge < -0.3 is 10.1 Å². The van der Waals surface area contributed by atoms with Crippen molar-refractivity contribution in [1.82, 2.24) is 5.32 Å². The summed E-state index contributed by atoms with van der Waals surface area (Å²) in [5.41, 5.74) is -0.837. The molecule has 10 heavy (non-hydrogen) atoms. The first-order valence-electron chi connectivity index (χ1n) is 2.97. The SMILES string of the molecule is CC(C)(C=O)NCC(F)F. The van der Waals surface area contributed by atoms with E-state index in [1.165, 1.54) is 0 Å². The highest BCUT2D eigenvalue weighted by Gasteiger charge is 2.16. The van der Waals surface area contributed by atoms with Gasteiger partial charge in [-0.05, 0) is 13.8 Å². The monoisotopic (exact) mass is 151 g/mol. The number of carbonyl (C=O) groups excluding carboxylic acids is 1. The van der Waals surface area contributed by atoms with Crippen molar-refractivity contribution in [3.05, 3.63) is 0 Å². The minimum atomic E-state index is -2.40. The van der Waals surface area contributed by atoms with E-state index in [2.05, 4.69) is 5.32 Å². The van der Waals surface area contributed by atoms with E-state index in [-0.39, 0.29) is 0 Å². The van der Waals surface area contributed by atoms with E-state index in [4.69, 9.17) is 0 Å². The van der Waals surface area contributed by atoms with Gasteiger partial charge in [-0.3, -0.25) is 0 Å². The van der Waals surface area contributed by atoms with E-state index in [0.717, 1.165) is 0 Å². The number of hydrogen-bond acceptors (Lipinski definition) is 2. The maximum atomic E-state index is 11.5. The number of alkyl halides is 2. The van der Waals surface area contributed by atoms with E-state index < -0.39 is 18.5 Å². The van der Waals surface area contributed by atoms with Crippen LogP contribution >= 0.6 is 0 Å². The Morgan fingerprint density at radius 1 is 1.60 bits per heavy atom. The number of nitrogens with one attached hydrogen (secondary N) is 1. The second kappa shape index (κ2) is 3.61. The minimum absolute atomic E-state index is 0.439. The normalized spacial score (nSPS) is 12.1. The Labute approximate surface area is 58.6 Å². The van der Waals surface area contributed by atoms with Crippen LogP contribution in [0.2, 0.25) is 0 Å². The van der Waals surface area contributed by atoms with Crippen LogP contribution in [0, 0.1) is 0 Å². The fourth-order valence-corrected chi connectivity index (χ4v) is 0.382. The lowest BCUT2D eigenvalue weighted by molar-refractivity contribution is -0.112. The molecule has 2 nitrogen and oxygen atoms in total. The largest absolute Gasteiger partial charge is 0.301 e. The third-order valence-corrected chi connectivity index (χ3v) is 1.01. The second-order valence-electron chi connectivity index (χ2n) is 2.61. The first kappa shape index (κ1) is 9.49. The van der Waals surface area contributed by atoms with Gasteiger partial charge in [0.25, 0.3) is 6.43 Å². The van der Waals surface area contributed by atoms with Gasteiger partial charge in [0.05, 0.1) is 12.1 Å². The molecular weight excluding hydrogens is 140 g/mol. The number of aldehydes is 1. The van der Waals surface area contributed by atoms with Crippen LogP contribution in [-0.2, 0) is 4.79 Å². The molecule has 0 aliphatic rings. The van der Waals surface area contributed by atoms with E-state index in [1.807, 2.05) is 0 Å². The molecule has 0 saturated heterocycles. The summed E-state index contributed by atoms with van der Waals surface area (Å²) in [6.07, 6.45) is -1.80. The first-order chi connectivity index (χ1) is 4.48. The molecule has 0 fully saturated rings. The Bertz CT molecular complexity index is 114. The van der Waals surface area contributed by atoms with Gasteiger partial charge in [0.15, 0.2) is 0 Å². The number of carbonyl (C=O) groups is 1. The molecule has 0 heterocycles. The summed E-state index contributed by atoms with van der Waals surface area (Å²) < 4.78 is 23.0. The topological polar surface area (TPSA) is 29.1 Å². The molecule has 0 spiro atoms. The summed E-state index contributed by atoms with van der Waals surface area (Å²) in [7, 11) is 0. The summed E-state index contributed by atoms with van der Waals surface area (Å²) in [4.78, 5) is 10.1. The summed E-state index contributed by atoms with van der Waals surface area (Å²) in [5, 5.41) is 2.39.